The predicted octanol–water partition coefficient (Wildman–Crippen LogP) is 9.33. The molecule has 0 N–H and O–H groups in total. The highest BCUT2D eigenvalue weighted by Gasteiger charge is 2.22. The topological polar surface area (TPSA) is 42.8 Å². The van der Waals surface area contributed by atoms with Crippen molar-refractivity contribution in [1.82, 2.24) is 9.97 Å². The molecule has 0 fully saturated rings. The second kappa shape index (κ2) is 10.0. The Morgan fingerprint density at radius 1 is 0.581 bits per heavy atom. The maximum atomic E-state index is 6.62. The number of fused-ring (bicyclic) bond motifs is 4. The Morgan fingerprint density at radius 2 is 1.26 bits per heavy atom. The summed E-state index contributed by atoms with van der Waals surface area (Å²) in [6.07, 6.45) is 2.19. The number of aryl methyl sites for hydroxylation is 2. The molecule has 0 aliphatic heterocycles. The van der Waals surface area contributed by atoms with Crippen LogP contribution in [0.2, 0.25) is 0 Å². The smallest absolute Gasteiger partial charge is 0.216 e. The monoisotopic (exact) mass is 554 g/mol. The summed E-state index contributed by atoms with van der Waals surface area (Å²) in [5.74, 6) is 0.704. The van der Waals surface area contributed by atoms with Gasteiger partial charge in [-0.15, -0.1) is 0 Å². The first-order valence-corrected chi connectivity index (χ1v) is 14.5. The van der Waals surface area contributed by atoms with Crippen molar-refractivity contribution in [2.75, 3.05) is 0 Å². The summed E-state index contributed by atoms with van der Waals surface area (Å²) in [6, 6.07) is 44.0. The minimum absolute atomic E-state index is 0.704. The first-order chi connectivity index (χ1) is 21.1. The Hall–Kier alpha value is -5.61. The van der Waals surface area contributed by atoms with E-state index in [1.165, 1.54) is 16.3 Å². The Bertz CT molecular complexity index is 2250. The zero-order valence-corrected chi connectivity index (χ0v) is 24.0. The summed E-state index contributed by atoms with van der Waals surface area (Å²) in [7, 11) is 2.10. The van der Waals surface area contributed by atoms with Gasteiger partial charge in [0.15, 0.2) is 12.0 Å². The van der Waals surface area contributed by atoms with Crippen LogP contribution in [0, 0.1) is 6.92 Å². The second-order valence-electron chi connectivity index (χ2n) is 11.0. The van der Waals surface area contributed by atoms with Crippen LogP contribution in [0.1, 0.15) is 5.56 Å². The highest BCUT2D eigenvalue weighted by molar-refractivity contribution is 6.11. The maximum Gasteiger partial charge on any atom is 0.216 e. The highest BCUT2D eigenvalue weighted by atomic mass is 16.3. The maximum absolute atomic E-state index is 6.62. The quantitative estimate of drug-likeness (QED) is 0.204. The molecule has 8 aromatic rings. The molecular formula is C39H28N3O+. The van der Waals surface area contributed by atoms with Crippen molar-refractivity contribution in [2.45, 2.75) is 6.92 Å². The Kier molecular flexibility index (Phi) is 5.86. The highest BCUT2D eigenvalue weighted by Crippen LogP contribution is 2.39. The third-order valence-corrected chi connectivity index (χ3v) is 8.23. The molecule has 3 aromatic heterocycles. The number of nitrogens with zero attached hydrogens (tertiary/aromatic N) is 3. The normalized spacial score (nSPS) is 11.5. The van der Waals surface area contributed by atoms with Gasteiger partial charge in [0.25, 0.3) is 0 Å². The van der Waals surface area contributed by atoms with Gasteiger partial charge < -0.3 is 4.42 Å². The molecular weight excluding hydrogens is 526 g/mol. The van der Waals surface area contributed by atoms with Crippen molar-refractivity contribution in [2.24, 2.45) is 7.05 Å². The summed E-state index contributed by atoms with van der Waals surface area (Å²) in [5, 5.41) is 4.57. The first kappa shape index (κ1) is 25.1. The summed E-state index contributed by atoms with van der Waals surface area (Å²) in [6.45, 7) is 2.15. The molecule has 0 radical (unpaired) electrons. The third-order valence-electron chi connectivity index (χ3n) is 8.23. The van der Waals surface area contributed by atoms with Crippen LogP contribution < -0.4 is 4.57 Å². The number of benzene rings is 5. The second-order valence-corrected chi connectivity index (χ2v) is 11.0. The lowest BCUT2D eigenvalue weighted by molar-refractivity contribution is -0.659. The molecule has 0 saturated carbocycles. The van der Waals surface area contributed by atoms with Crippen LogP contribution in [0.15, 0.2) is 138 Å². The van der Waals surface area contributed by atoms with Crippen molar-refractivity contribution in [3.05, 3.63) is 139 Å². The van der Waals surface area contributed by atoms with E-state index < -0.39 is 0 Å². The van der Waals surface area contributed by atoms with Crippen LogP contribution in [-0.2, 0) is 7.05 Å². The van der Waals surface area contributed by atoms with E-state index in [2.05, 4.69) is 116 Å². The van der Waals surface area contributed by atoms with Crippen LogP contribution in [0.5, 0.6) is 0 Å². The third kappa shape index (κ3) is 4.36. The molecule has 8 rings (SSSR count). The molecule has 5 aromatic carbocycles. The fraction of sp³-hybridized carbons (Fsp3) is 0.0513. The Morgan fingerprint density at radius 3 is 2.02 bits per heavy atom. The van der Waals surface area contributed by atoms with Crippen molar-refractivity contribution in [3.63, 3.8) is 0 Å². The average Bonchev–Trinajstić information content (AvgIpc) is 3.43. The SMILES string of the molecule is Cc1ccc2c(oc3ccc(-c4cc(-c5ccccc5)nc(-c5ccccc5)n4)cc32)c1-c1cc2ccccc2c[n+]1C. The minimum atomic E-state index is 0.704. The number of furan rings is 1. The van der Waals surface area contributed by atoms with Gasteiger partial charge in [-0.2, -0.15) is 0 Å². The largest absolute Gasteiger partial charge is 0.455 e. The lowest BCUT2D eigenvalue weighted by Crippen LogP contribution is -2.30. The van der Waals surface area contributed by atoms with E-state index in [-0.39, 0.29) is 0 Å². The molecule has 43 heavy (non-hydrogen) atoms. The molecule has 204 valence electrons. The zero-order valence-electron chi connectivity index (χ0n) is 24.0. The van der Waals surface area contributed by atoms with Gasteiger partial charge >= 0.3 is 0 Å². The molecule has 0 bridgehead atoms. The molecule has 4 nitrogen and oxygen atoms in total. The van der Waals surface area contributed by atoms with Gasteiger partial charge in [0.2, 0.25) is 5.69 Å². The van der Waals surface area contributed by atoms with Crippen molar-refractivity contribution in [1.29, 1.82) is 0 Å². The lowest BCUT2D eigenvalue weighted by atomic mass is 9.98. The summed E-state index contributed by atoms with van der Waals surface area (Å²) < 4.78 is 8.81. The molecule has 0 saturated heterocycles. The van der Waals surface area contributed by atoms with Gasteiger partial charge in [0.05, 0.1) is 17.0 Å². The van der Waals surface area contributed by atoms with Crippen molar-refractivity contribution >= 4 is 32.7 Å². The predicted molar refractivity (Wildman–Crippen MR) is 174 cm³/mol. The molecule has 0 spiro atoms. The van der Waals surface area contributed by atoms with Crippen LogP contribution in [0.4, 0.5) is 0 Å². The van der Waals surface area contributed by atoms with E-state index in [1.807, 2.05) is 36.4 Å². The van der Waals surface area contributed by atoms with E-state index in [0.29, 0.717) is 5.82 Å². The Balaban J connectivity index is 1.32. The fourth-order valence-electron chi connectivity index (χ4n) is 6.02. The number of rotatable bonds is 4. The summed E-state index contributed by atoms with van der Waals surface area (Å²) >= 11 is 0. The van der Waals surface area contributed by atoms with Crippen molar-refractivity contribution < 1.29 is 8.98 Å². The van der Waals surface area contributed by atoms with Crippen LogP contribution in [-0.4, -0.2) is 9.97 Å². The molecule has 4 heteroatoms. The van der Waals surface area contributed by atoms with Gasteiger partial charge in [0, 0.05) is 38.9 Å². The number of hydrogen-bond acceptors (Lipinski definition) is 3. The van der Waals surface area contributed by atoms with Gasteiger partial charge in [0.1, 0.15) is 18.2 Å². The van der Waals surface area contributed by atoms with Crippen molar-refractivity contribution in [3.8, 4) is 45.2 Å². The minimum Gasteiger partial charge on any atom is -0.455 e. The first-order valence-electron chi connectivity index (χ1n) is 14.5. The lowest BCUT2D eigenvalue weighted by Gasteiger charge is -2.09. The molecule has 0 atom stereocenters. The summed E-state index contributed by atoms with van der Waals surface area (Å²) in [4.78, 5) is 10.00. The van der Waals surface area contributed by atoms with E-state index in [1.54, 1.807) is 0 Å². The van der Waals surface area contributed by atoms with Crippen LogP contribution in [0.3, 0.4) is 0 Å². The standard InChI is InChI=1S/C39H28N3O/c1-25-17-19-31-32-21-29(34-23-33(26-11-5-3-6-12-26)40-39(41-34)27-13-7-4-8-14-27)18-20-36(32)43-38(31)37(25)35-22-28-15-9-10-16-30(28)24-42(35)2/h3-24H,1-2H3/q+1. The number of hydrogen-bond donors (Lipinski definition) is 0. The molecule has 0 aliphatic carbocycles. The molecule has 0 amide bonds. The molecule has 0 unspecified atom stereocenters. The van der Waals surface area contributed by atoms with E-state index in [0.717, 1.165) is 61.3 Å². The van der Waals surface area contributed by atoms with Crippen LogP contribution >= 0.6 is 0 Å². The Labute approximate surface area is 249 Å². The fourth-order valence-corrected chi connectivity index (χ4v) is 6.02. The van der Waals surface area contributed by atoms with Gasteiger partial charge in [-0.1, -0.05) is 91.0 Å². The van der Waals surface area contributed by atoms with Gasteiger partial charge in [-0.25, -0.2) is 14.5 Å². The number of aromatic nitrogens is 3. The average molecular weight is 555 g/mol. The molecule has 0 aliphatic rings. The van der Waals surface area contributed by atoms with E-state index >= 15 is 0 Å². The molecule has 3 heterocycles. The van der Waals surface area contributed by atoms with E-state index in [9.17, 15) is 0 Å². The van der Waals surface area contributed by atoms with Crippen LogP contribution in [0.25, 0.3) is 77.9 Å². The van der Waals surface area contributed by atoms with Gasteiger partial charge in [-0.3, -0.25) is 0 Å². The van der Waals surface area contributed by atoms with Gasteiger partial charge in [-0.05, 0) is 48.2 Å². The number of pyridine rings is 1. The summed E-state index contributed by atoms with van der Waals surface area (Å²) in [5.41, 5.74) is 9.99. The van der Waals surface area contributed by atoms with E-state index in [4.69, 9.17) is 14.4 Å². The zero-order chi connectivity index (χ0) is 28.9.